The first-order chi connectivity index (χ1) is 6.57. The summed E-state index contributed by atoms with van der Waals surface area (Å²) in [7, 11) is 0.500. The maximum Gasteiger partial charge on any atom is 0.440 e. The Balaban J connectivity index is 0. The van der Waals surface area contributed by atoms with E-state index in [1.807, 2.05) is 0 Å². The van der Waals surface area contributed by atoms with E-state index >= 15 is 0 Å². The summed E-state index contributed by atoms with van der Waals surface area (Å²) >= 11 is 0. The average Bonchev–Trinajstić information content (AvgIpc) is 2.03. The molecule has 0 radical (unpaired) electrons. The van der Waals surface area contributed by atoms with E-state index in [-0.39, 0.29) is 0 Å². The predicted molar refractivity (Wildman–Crippen MR) is 34.3 cm³/mol. The van der Waals surface area contributed by atoms with Gasteiger partial charge in [0.2, 0.25) is 0 Å². The van der Waals surface area contributed by atoms with Gasteiger partial charge in [0.15, 0.2) is 0 Å². The SMILES string of the molecule is C=C(F)OC(F)(F)C(F)C(F)(F)F.CF. The van der Waals surface area contributed by atoms with Crippen molar-refractivity contribution in [3.05, 3.63) is 12.6 Å². The molecule has 1 atom stereocenters. The van der Waals surface area contributed by atoms with Crippen molar-refractivity contribution in [1.29, 1.82) is 0 Å². The van der Waals surface area contributed by atoms with E-state index in [0.29, 0.717) is 7.18 Å². The van der Waals surface area contributed by atoms with E-state index in [2.05, 4.69) is 11.3 Å². The lowest BCUT2D eigenvalue weighted by atomic mass is 10.3. The van der Waals surface area contributed by atoms with Gasteiger partial charge in [-0.25, -0.2) is 4.39 Å². The van der Waals surface area contributed by atoms with E-state index < -0.39 is 24.5 Å². The van der Waals surface area contributed by atoms with Crippen LogP contribution in [-0.4, -0.2) is 25.6 Å². The molecule has 0 aliphatic rings. The van der Waals surface area contributed by atoms with E-state index in [0.717, 1.165) is 0 Å². The van der Waals surface area contributed by atoms with Crippen molar-refractivity contribution in [1.82, 2.24) is 0 Å². The second-order valence-corrected chi connectivity index (χ2v) is 1.92. The minimum atomic E-state index is -5.82. The second-order valence-electron chi connectivity index (χ2n) is 1.92. The molecule has 0 aromatic carbocycles. The highest BCUT2D eigenvalue weighted by Gasteiger charge is 2.59. The Hall–Kier alpha value is -1.02. The lowest BCUT2D eigenvalue weighted by Gasteiger charge is -2.21. The van der Waals surface area contributed by atoms with Gasteiger partial charge in [0, 0.05) is 0 Å². The van der Waals surface area contributed by atoms with Crippen LogP contribution >= 0.6 is 0 Å². The Labute approximate surface area is 79.3 Å². The predicted octanol–water partition coefficient (Wildman–Crippen LogP) is 3.52. The second kappa shape index (κ2) is 5.76. The van der Waals surface area contributed by atoms with E-state index in [9.17, 15) is 35.1 Å². The average molecular weight is 246 g/mol. The monoisotopic (exact) mass is 246 g/mol. The largest absolute Gasteiger partial charge is 0.440 e. The highest BCUT2D eigenvalue weighted by molar-refractivity contribution is 4.79. The minimum absolute atomic E-state index is 0.500. The zero-order valence-corrected chi connectivity index (χ0v) is 7.22. The Kier molecular flexibility index (Phi) is 6.30. The van der Waals surface area contributed by atoms with Crippen LogP contribution in [0.2, 0.25) is 0 Å². The summed E-state index contributed by atoms with van der Waals surface area (Å²) in [6, 6.07) is -2.20. The number of ether oxygens (including phenoxy) is 1. The molecule has 0 bridgehead atoms. The first-order valence-electron chi connectivity index (χ1n) is 3.07. The lowest BCUT2D eigenvalue weighted by molar-refractivity contribution is -0.328. The third-order valence-electron chi connectivity index (χ3n) is 0.829. The molecule has 0 N–H and O–H groups in total. The molecule has 0 heterocycles. The molecule has 9 heteroatoms. The molecule has 1 nitrogen and oxygen atoms in total. The van der Waals surface area contributed by atoms with Crippen LogP contribution < -0.4 is 0 Å². The molecule has 0 aromatic rings. The Bertz CT molecular complexity index is 198. The number of hydrogen-bond acceptors (Lipinski definition) is 1. The van der Waals surface area contributed by atoms with Crippen molar-refractivity contribution in [2.45, 2.75) is 18.5 Å². The molecular weight excluding hydrogens is 240 g/mol. The quantitative estimate of drug-likeness (QED) is 0.546. The summed E-state index contributed by atoms with van der Waals surface area (Å²) in [5.41, 5.74) is 0. The highest BCUT2D eigenvalue weighted by Crippen LogP contribution is 2.36. The summed E-state index contributed by atoms with van der Waals surface area (Å²) < 4.78 is 93.3. The zero-order chi connectivity index (χ0) is 12.9. The maximum atomic E-state index is 11.9. The van der Waals surface area contributed by atoms with E-state index in [1.165, 1.54) is 0 Å². The Morgan fingerprint density at radius 3 is 1.67 bits per heavy atom. The van der Waals surface area contributed by atoms with Crippen molar-refractivity contribution >= 4 is 0 Å². The van der Waals surface area contributed by atoms with Crippen LogP contribution in [0.15, 0.2) is 12.6 Å². The minimum Gasteiger partial charge on any atom is -0.404 e. The van der Waals surface area contributed by atoms with Gasteiger partial charge in [0.05, 0.1) is 7.18 Å². The van der Waals surface area contributed by atoms with Gasteiger partial charge in [-0.15, -0.1) is 0 Å². The van der Waals surface area contributed by atoms with Crippen LogP contribution in [0.25, 0.3) is 0 Å². The highest BCUT2D eigenvalue weighted by atomic mass is 19.4. The van der Waals surface area contributed by atoms with Gasteiger partial charge in [0.25, 0.3) is 12.2 Å². The standard InChI is InChI=1S/C5H3F7O.CH3F/c1-2(6)13-5(11,12)3(7)4(8,9)10;1-2/h3H,1H2;1H3. The third kappa shape index (κ3) is 6.13. The summed E-state index contributed by atoms with van der Waals surface area (Å²) in [5.74, 6) is 0. The summed E-state index contributed by atoms with van der Waals surface area (Å²) in [6.07, 6.45) is -15.7. The van der Waals surface area contributed by atoms with Gasteiger partial charge in [0.1, 0.15) is 0 Å². The molecule has 15 heavy (non-hydrogen) atoms. The fourth-order valence-corrected chi connectivity index (χ4v) is 0.390. The Morgan fingerprint density at radius 1 is 1.13 bits per heavy atom. The van der Waals surface area contributed by atoms with Crippen molar-refractivity contribution < 1.29 is 39.9 Å². The summed E-state index contributed by atoms with van der Waals surface area (Å²) in [4.78, 5) is 0. The molecule has 0 rings (SSSR count). The van der Waals surface area contributed by atoms with Crippen molar-refractivity contribution in [2.24, 2.45) is 0 Å². The van der Waals surface area contributed by atoms with Gasteiger partial charge in [-0.2, -0.15) is 26.3 Å². The maximum absolute atomic E-state index is 11.9. The summed E-state index contributed by atoms with van der Waals surface area (Å²) in [6.45, 7) is 2.10. The van der Waals surface area contributed by atoms with E-state index in [1.54, 1.807) is 0 Å². The first kappa shape index (κ1) is 16.4. The van der Waals surface area contributed by atoms with E-state index in [4.69, 9.17) is 0 Å². The Morgan fingerprint density at radius 2 is 1.47 bits per heavy atom. The van der Waals surface area contributed by atoms with Gasteiger partial charge >= 0.3 is 12.3 Å². The molecule has 92 valence electrons. The number of rotatable bonds is 3. The van der Waals surface area contributed by atoms with Crippen molar-refractivity contribution in [3.63, 3.8) is 0 Å². The molecule has 0 aliphatic carbocycles. The smallest absolute Gasteiger partial charge is 0.404 e. The van der Waals surface area contributed by atoms with Gasteiger partial charge < -0.3 is 4.74 Å². The van der Waals surface area contributed by atoms with Crippen LogP contribution in [0.1, 0.15) is 0 Å². The molecule has 0 fully saturated rings. The molecule has 0 spiro atoms. The molecule has 0 aliphatic heterocycles. The van der Waals surface area contributed by atoms with Gasteiger partial charge in [-0.3, -0.25) is 4.39 Å². The fourth-order valence-electron chi connectivity index (χ4n) is 0.390. The third-order valence-corrected chi connectivity index (χ3v) is 0.829. The normalized spacial score (nSPS) is 13.7. The molecule has 0 amide bonds. The number of hydrogen-bond donors (Lipinski definition) is 0. The fraction of sp³-hybridized carbons (Fsp3) is 0.667. The molecule has 0 aromatic heterocycles. The van der Waals surface area contributed by atoms with Crippen molar-refractivity contribution in [2.75, 3.05) is 7.18 Å². The molecule has 1 unspecified atom stereocenters. The molecule has 0 saturated carbocycles. The number of alkyl halides is 7. The lowest BCUT2D eigenvalue weighted by Crippen LogP contribution is -2.43. The van der Waals surface area contributed by atoms with Crippen LogP contribution in [0.5, 0.6) is 0 Å². The van der Waals surface area contributed by atoms with Gasteiger partial charge in [-0.05, 0) is 6.58 Å². The first-order valence-corrected chi connectivity index (χ1v) is 3.07. The van der Waals surface area contributed by atoms with Crippen LogP contribution in [0.4, 0.5) is 35.1 Å². The van der Waals surface area contributed by atoms with Crippen LogP contribution in [0.3, 0.4) is 0 Å². The van der Waals surface area contributed by atoms with Crippen molar-refractivity contribution in [3.8, 4) is 0 Å². The summed E-state index contributed by atoms with van der Waals surface area (Å²) in [5, 5.41) is 0. The number of halogens is 8. The van der Waals surface area contributed by atoms with Crippen LogP contribution in [0, 0.1) is 0 Å². The molecular formula is C6H6F8O. The molecule has 0 saturated heterocycles. The van der Waals surface area contributed by atoms with Crippen LogP contribution in [-0.2, 0) is 4.74 Å². The zero-order valence-electron chi connectivity index (χ0n) is 7.22. The topological polar surface area (TPSA) is 9.23 Å². The van der Waals surface area contributed by atoms with Gasteiger partial charge in [-0.1, -0.05) is 0 Å².